The number of likely N-dealkylation sites (N-methyl/N-ethyl adjacent to an activating group) is 1. The summed E-state index contributed by atoms with van der Waals surface area (Å²) in [6, 6.07) is 8.51. The van der Waals surface area contributed by atoms with Crippen LogP contribution in [0.15, 0.2) is 30.3 Å². The first-order valence-electron chi connectivity index (χ1n) is 17.9. The summed E-state index contributed by atoms with van der Waals surface area (Å²) in [4.78, 5) is 69.6. The summed E-state index contributed by atoms with van der Waals surface area (Å²) in [5.41, 5.74) is -4.41. The minimum atomic E-state index is -1.44. The van der Waals surface area contributed by atoms with Crippen molar-refractivity contribution in [2.24, 2.45) is 27.1 Å². The molecule has 12 heteroatoms. The average molecular weight is 734 g/mol. The van der Waals surface area contributed by atoms with Gasteiger partial charge in [-0.25, -0.2) is 0 Å². The van der Waals surface area contributed by atoms with E-state index >= 15 is 0 Å². The number of hydrogen-bond acceptors (Lipinski definition) is 12. The van der Waals surface area contributed by atoms with Gasteiger partial charge in [0.05, 0.1) is 40.2 Å². The van der Waals surface area contributed by atoms with Gasteiger partial charge in [0.2, 0.25) is 0 Å². The van der Waals surface area contributed by atoms with Crippen molar-refractivity contribution in [2.75, 3.05) is 20.3 Å². The van der Waals surface area contributed by atoms with Crippen LogP contribution in [0.2, 0.25) is 0 Å². The molecule has 0 unspecified atom stereocenters. The molecule has 0 radical (unpaired) electrons. The molecule has 1 aliphatic rings. The molecule has 1 aliphatic heterocycles. The van der Waals surface area contributed by atoms with Gasteiger partial charge in [0.15, 0.2) is 24.5 Å². The van der Waals surface area contributed by atoms with E-state index in [-0.39, 0.29) is 6.54 Å². The fourth-order valence-electron chi connectivity index (χ4n) is 5.52. The summed E-state index contributed by atoms with van der Waals surface area (Å²) < 4.78 is 36.5. The molecule has 0 saturated carbocycles. The largest absolute Gasteiger partial charge is 0.469 e. The third-order valence-electron chi connectivity index (χ3n) is 8.70. The Labute approximate surface area is 310 Å². The molecule has 0 N–H and O–H groups in total. The molecule has 0 spiro atoms. The molecule has 6 atom stereocenters. The minimum absolute atomic E-state index is 0.231. The molecule has 2 rings (SSSR count). The molecule has 1 heterocycles. The molecular weight excluding hydrogens is 670 g/mol. The van der Waals surface area contributed by atoms with Gasteiger partial charge in [0.25, 0.3) is 0 Å². The van der Waals surface area contributed by atoms with E-state index in [0.717, 1.165) is 5.56 Å². The Morgan fingerprint density at radius 3 is 1.46 bits per heavy atom. The van der Waals surface area contributed by atoms with Crippen molar-refractivity contribution in [2.45, 2.75) is 141 Å². The maximum atomic E-state index is 13.8. The molecule has 1 aromatic carbocycles. The van der Waals surface area contributed by atoms with Gasteiger partial charge in [0.1, 0.15) is 12.7 Å². The zero-order valence-corrected chi connectivity index (χ0v) is 34.2. The average Bonchev–Trinajstić information content (AvgIpc) is 3.02. The highest BCUT2D eigenvalue weighted by molar-refractivity contribution is 5.78. The van der Waals surface area contributed by atoms with Crippen LogP contribution in [-0.4, -0.2) is 85.7 Å². The molecule has 1 fully saturated rings. The third kappa shape index (κ3) is 11.0. The van der Waals surface area contributed by atoms with Gasteiger partial charge < -0.3 is 28.4 Å². The normalized spacial score (nSPS) is 22.2. The SMILES string of the molecule is CCN([C@@H]1O[C@H](COC(=O)C(C)(C)C)[C@H](OC(=O)C(C)(C)C)[C@H](OC(=O)C(C)(C)C)[C@H]1OC(=O)C(C)(C)C)[C@H](c1ccccc1)C(C)(C)C(=O)OC. The summed E-state index contributed by atoms with van der Waals surface area (Å²) in [6.45, 7) is 25.3. The molecule has 0 aliphatic carbocycles. The second kappa shape index (κ2) is 16.7. The monoisotopic (exact) mass is 733 g/mol. The van der Waals surface area contributed by atoms with E-state index in [1.54, 1.807) is 96.9 Å². The Kier molecular flexibility index (Phi) is 14.3. The molecule has 0 amide bonds. The highest BCUT2D eigenvalue weighted by Gasteiger charge is 2.58. The molecule has 294 valence electrons. The standard InChI is InChI=1S/C40H63NO11/c1-17-41(29(24-21-19-18-20-22-24)40(14,15)35(46)47-16)30-28(52-34(45)39(11,12)13)27(51-33(44)38(8,9)10)26(50-32(43)37(5,6)7)25(49-30)23-48-31(42)36(2,3)4/h18-22,25-30H,17,23H2,1-16H3/t25-,26+,27+,28-,29-,30-/m1/s1. The van der Waals surface area contributed by atoms with E-state index in [4.69, 9.17) is 28.4 Å². The first-order valence-corrected chi connectivity index (χ1v) is 17.9. The van der Waals surface area contributed by atoms with Gasteiger partial charge in [-0.1, -0.05) is 37.3 Å². The van der Waals surface area contributed by atoms with Gasteiger partial charge in [-0.05, 0) is 109 Å². The number of hydrogen-bond donors (Lipinski definition) is 0. The summed E-state index contributed by atoms with van der Waals surface area (Å²) in [5, 5.41) is 0. The number of rotatable bonds is 11. The Morgan fingerprint density at radius 2 is 1.06 bits per heavy atom. The van der Waals surface area contributed by atoms with Crippen LogP contribution < -0.4 is 0 Å². The molecule has 0 bridgehead atoms. The van der Waals surface area contributed by atoms with Crippen LogP contribution in [0, 0.1) is 27.1 Å². The number of benzene rings is 1. The van der Waals surface area contributed by atoms with Crippen molar-refractivity contribution in [3.8, 4) is 0 Å². The first-order chi connectivity index (χ1) is 23.6. The maximum Gasteiger partial charge on any atom is 0.313 e. The van der Waals surface area contributed by atoms with Crippen LogP contribution in [0.5, 0.6) is 0 Å². The smallest absolute Gasteiger partial charge is 0.313 e. The summed E-state index contributed by atoms with van der Waals surface area (Å²) in [5.74, 6) is -3.00. The zero-order valence-electron chi connectivity index (χ0n) is 34.2. The van der Waals surface area contributed by atoms with Crippen LogP contribution >= 0.6 is 0 Å². The van der Waals surface area contributed by atoms with E-state index in [2.05, 4.69) is 0 Å². The number of ether oxygens (including phenoxy) is 6. The van der Waals surface area contributed by atoms with Gasteiger partial charge in [-0.3, -0.25) is 28.9 Å². The lowest BCUT2D eigenvalue weighted by Gasteiger charge is -2.52. The van der Waals surface area contributed by atoms with Crippen LogP contribution in [0.1, 0.15) is 115 Å². The van der Waals surface area contributed by atoms with Crippen LogP contribution in [0.4, 0.5) is 0 Å². The van der Waals surface area contributed by atoms with Crippen molar-refractivity contribution in [1.82, 2.24) is 4.90 Å². The van der Waals surface area contributed by atoms with Gasteiger partial charge in [0, 0.05) is 0 Å². The predicted molar refractivity (Wildman–Crippen MR) is 194 cm³/mol. The molecule has 1 aromatic rings. The number of methoxy groups -OCH3 is 1. The van der Waals surface area contributed by atoms with E-state index in [0.29, 0.717) is 0 Å². The molecule has 52 heavy (non-hydrogen) atoms. The van der Waals surface area contributed by atoms with E-state index in [1.807, 2.05) is 42.2 Å². The first kappa shape index (κ1) is 44.7. The summed E-state index contributed by atoms with van der Waals surface area (Å²) in [7, 11) is 1.31. The van der Waals surface area contributed by atoms with E-state index in [9.17, 15) is 24.0 Å². The topological polar surface area (TPSA) is 144 Å². The molecule has 1 saturated heterocycles. The van der Waals surface area contributed by atoms with E-state index < -0.39 is 100 Å². The number of esters is 5. The van der Waals surface area contributed by atoms with Crippen molar-refractivity contribution in [3.63, 3.8) is 0 Å². The lowest BCUT2D eigenvalue weighted by atomic mass is 9.78. The highest BCUT2D eigenvalue weighted by atomic mass is 16.7. The Balaban J connectivity index is 3.02. The fraction of sp³-hybridized carbons (Fsp3) is 0.725. The Morgan fingerprint density at radius 1 is 0.635 bits per heavy atom. The van der Waals surface area contributed by atoms with Crippen molar-refractivity contribution < 1.29 is 52.4 Å². The lowest BCUT2D eigenvalue weighted by Crippen LogP contribution is -2.68. The zero-order chi connectivity index (χ0) is 40.2. The number of carbonyl (C=O) groups is 5. The molecule has 12 nitrogen and oxygen atoms in total. The van der Waals surface area contributed by atoms with Crippen LogP contribution in [-0.2, 0) is 52.4 Å². The van der Waals surface area contributed by atoms with E-state index in [1.165, 1.54) is 7.11 Å². The lowest BCUT2D eigenvalue weighted by molar-refractivity contribution is -0.290. The Bertz CT molecular complexity index is 1410. The second-order valence-corrected chi connectivity index (χ2v) is 18.1. The van der Waals surface area contributed by atoms with Gasteiger partial charge in [-0.15, -0.1) is 0 Å². The van der Waals surface area contributed by atoms with Crippen LogP contribution in [0.3, 0.4) is 0 Å². The van der Waals surface area contributed by atoms with Crippen molar-refractivity contribution in [1.29, 1.82) is 0 Å². The quantitative estimate of drug-likeness (QED) is 0.182. The van der Waals surface area contributed by atoms with Gasteiger partial charge in [-0.2, -0.15) is 0 Å². The number of nitrogens with zero attached hydrogens (tertiary/aromatic N) is 1. The van der Waals surface area contributed by atoms with Crippen molar-refractivity contribution in [3.05, 3.63) is 35.9 Å². The second-order valence-electron chi connectivity index (χ2n) is 18.1. The predicted octanol–water partition coefficient (Wildman–Crippen LogP) is 6.44. The van der Waals surface area contributed by atoms with Crippen molar-refractivity contribution >= 4 is 29.8 Å². The van der Waals surface area contributed by atoms with Crippen LogP contribution in [0.25, 0.3) is 0 Å². The maximum absolute atomic E-state index is 13.8. The number of carbonyl (C=O) groups excluding carboxylic acids is 5. The third-order valence-corrected chi connectivity index (χ3v) is 8.70. The molecular formula is C40H63NO11. The molecule has 0 aromatic heterocycles. The highest BCUT2D eigenvalue weighted by Crippen LogP contribution is 2.44. The van der Waals surface area contributed by atoms with Gasteiger partial charge >= 0.3 is 29.8 Å². The fourth-order valence-corrected chi connectivity index (χ4v) is 5.52. The summed E-state index contributed by atoms with van der Waals surface area (Å²) in [6.07, 6.45) is -6.66. The minimum Gasteiger partial charge on any atom is -0.469 e. The summed E-state index contributed by atoms with van der Waals surface area (Å²) >= 11 is 0. The Hall–Kier alpha value is -3.51.